The van der Waals surface area contributed by atoms with Crippen molar-refractivity contribution >= 4 is 52.6 Å². The molecule has 46 heavy (non-hydrogen) atoms. The van der Waals surface area contributed by atoms with Gasteiger partial charge in [-0.05, 0) is 61.0 Å². The second-order valence-corrected chi connectivity index (χ2v) is 11.1. The fraction of sp³-hybridized carbons (Fsp3) is 0.0571. The average Bonchev–Trinajstić information content (AvgIpc) is 3.54. The molecule has 0 bridgehead atoms. The summed E-state index contributed by atoms with van der Waals surface area (Å²) in [7, 11) is 0. The molecule has 11 heteroatoms. The van der Waals surface area contributed by atoms with Crippen molar-refractivity contribution in [3.05, 3.63) is 148 Å². The van der Waals surface area contributed by atoms with E-state index < -0.39 is 16.7 Å². The average molecular weight is 633 g/mol. The summed E-state index contributed by atoms with van der Waals surface area (Å²) >= 11 is 1.27. The molecular formula is C35H28N4O6S. The van der Waals surface area contributed by atoms with Crippen molar-refractivity contribution in [2.75, 3.05) is 16.4 Å². The van der Waals surface area contributed by atoms with Crippen LogP contribution < -0.4 is 16.0 Å². The molecule has 10 nitrogen and oxygen atoms in total. The Morgan fingerprint density at radius 3 is 2.24 bits per heavy atom. The Morgan fingerprint density at radius 1 is 0.848 bits per heavy atom. The van der Waals surface area contributed by atoms with Gasteiger partial charge in [-0.1, -0.05) is 54.6 Å². The van der Waals surface area contributed by atoms with Gasteiger partial charge in [0.1, 0.15) is 17.2 Å². The first kappa shape index (κ1) is 31.5. The summed E-state index contributed by atoms with van der Waals surface area (Å²) in [5.74, 6) is -0.273. The summed E-state index contributed by atoms with van der Waals surface area (Å²) < 4.78 is 5.94. The van der Waals surface area contributed by atoms with Crippen LogP contribution in [0.2, 0.25) is 0 Å². The van der Waals surface area contributed by atoms with Gasteiger partial charge in [-0.15, -0.1) is 11.8 Å². The van der Waals surface area contributed by atoms with Gasteiger partial charge < -0.3 is 20.4 Å². The molecule has 0 aliphatic carbocycles. The number of anilines is 2. The van der Waals surface area contributed by atoms with Crippen LogP contribution in [0.1, 0.15) is 21.7 Å². The number of nitrogens with zero attached hydrogens (tertiary/aromatic N) is 1. The molecule has 3 amide bonds. The molecule has 230 valence electrons. The Bertz CT molecular complexity index is 1900. The quantitative estimate of drug-likeness (QED) is 0.0600. The molecule has 5 aromatic rings. The van der Waals surface area contributed by atoms with Gasteiger partial charge >= 0.3 is 0 Å². The highest BCUT2D eigenvalue weighted by Gasteiger charge is 2.17. The van der Waals surface area contributed by atoms with Gasteiger partial charge in [0.05, 0.1) is 16.4 Å². The van der Waals surface area contributed by atoms with E-state index in [0.29, 0.717) is 34.0 Å². The number of nitro groups is 1. The maximum absolute atomic E-state index is 13.4. The summed E-state index contributed by atoms with van der Waals surface area (Å²) in [6.07, 6.45) is 1.47. The molecular weight excluding hydrogens is 604 g/mol. The lowest BCUT2D eigenvalue weighted by Crippen LogP contribution is -2.30. The van der Waals surface area contributed by atoms with Crippen LogP contribution in [0.5, 0.6) is 0 Å². The third-order valence-corrected chi connectivity index (χ3v) is 7.70. The standard InChI is InChI=1S/C35H28N4O6S/c1-23-12-15-27(39(43)44)20-30(23)37-33(40)22-46-29-17-13-26(14-18-29)36-35(42)31(38-34(41)25-10-6-3-7-11-25)21-28-16-19-32(45-28)24-8-4-2-5-9-24/h2-21H,22H2,1H3,(H,36,42)(H,37,40)(H,38,41)/b31-21+. The predicted molar refractivity (Wildman–Crippen MR) is 178 cm³/mol. The number of furan rings is 1. The van der Waals surface area contributed by atoms with Crippen molar-refractivity contribution in [1.29, 1.82) is 0 Å². The number of aryl methyl sites for hydroxylation is 1. The largest absolute Gasteiger partial charge is 0.457 e. The topological polar surface area (TPSA) is 144 Å². The van der Waals surface area contributed by atoms with Crippen molar-refractivity contribution in [2.45, 2.75) is 11.8 Å². The lowest BCUT2D eigenvalue weighted by molar-refractivity contribution is -0.384. The van der Waals surface area contributed by atoms with E-state index >= 15 is 0 Å². The lowest BCUT2D eigenvalue weighted by Gasteiger charge is -2.11. The second kappa shape index (κ2) is 14.7. The third-order valence-electron chi connectivity index (χ3n) is 6.69. The van der Waals surface area contributed by atoms with Crippen LogP contribution in [0, 0.1) is 17.0 Å². The number of carbonyl (C=O) groups is 3. The van der Waals surface area contributed by atoms with Crippen LogP contribution in [0.3, 0.4) is 0 Å². The van der Waals surface area contributed by atoms with Crippen molar-refractivity contribution < 1.29 is 23.7 Å². The summed E-state index contributed by atoms with van der Waals surface area (Å²) in [5, 5.41) is 19.3. The monoisotopic (exact) mass is 632 g/mol. The van der Waals surface area contributed by atoms with E-state index in [1.165, 1.54) is 30.0 Å². The highest BCUT2D eigenvalue weighted by atomic mass is 32.2. The number of benzene rings is 4. The summed E-state index contributed by atoms with van der Waals surface area (Å²) in [5.41, 5.74) is 2.69. The zero-order chi connectivity index (χ0) is 32.5. The summed E-state index contributed by atoms with van der Waals surface area (Å²) in [6.45, 7) is 1.75. The number of amides is 3. The first-order valence-electron chi connectivity index (χ1n) is 14.1. The first-order chi connectivity index (χ1) is 22.2. The maximum Gasteiger partial charge on any atom is 0.272 e. The summed E-state index contributed by atoms with van der Waals surface area (Å²) in [4.78, 5) is 50.2. The van der Waals surface area contributed by atoms with Crippen molar-refractivity contribution in [2.24, 2.45) is 0 Å². The lowest BCUT2D eigenvalue weighted by atomic mass is 10.2. The Kier molecular flexibility index (Phi) is 10.1. The van der Waals surface area contributed by atoms with Gasteiger partial charge in [0.2, 0.25) is 5.91 Å². The number of nitrogens with one attached hydrogen (secondary N) is 3. The molecule has 0 unspecified atom stereocenters. The molecule has 1 heterocycles. The number of nitro benzene ring substituents is 1. The number of carbonyl (C=O) groups excluding carboxylic acids is 3. The minimum Gasteiger partial charge on any atom is -0.457 e. The van der Waals surface area contributed by atoms with Crippen LogP contribution in [-0.4, -0.2) is 28.4 Å². The van der Waals surface area contributed by atoms with Gasteiger partial charge in [-0.2, -0.15) is 0 Å². The van der Waals surface area contributed by atoms with E-state index in [2.05, 4.69) is 16.0 Å². The van der Waals surface area contributed by atoms with Crippen molar-refractivity contribution in [1.82, 2.24) is 5.32 Å². The van der Waals surface area contributed by atoms with Crippen LogP contribution in [0.15, 0.2) is 130 Å². The molecule has 0 saturated heterocycles. The van der Waals surface area contributed by atoms with E-state index in [0.717, 1.165) is 10.5 Å². The van der Waals surface area contributed by atoms with E-state index in [4.69, 9.17) is 4.42 Å². The molecule has 0 spiro atoms. The zero-order valence-corrected chi connectivity index (χ0v) is 25.4. The van der Waals surface area contributed by atoms with E-state index in [1.54, 1.807) is 79.7 Å². The molecule has 0 aliphatic heterocycles. The van der Waals surface area contributed by atoms with Gasteiger partial charge in [0.15, 0.2) is 0 Å². The van der Waals surface area contributed by atoms with Crippen molar-refractivity contribution in [3.63, 3.8) is 0 Å². The van der Waals surface area contributed by atoms with Gasteiger partial charge in [-0.3, -0.25) is 24.5 Å². The highest BCUT2D eigenvalue weighted by molar-refractivity contribution is 8.00. The number of hydrogen-bond donors (Lipinski definition) is 3. The Morgan fingerprint density at radius 2 is 1.54 bits per heavy atom. The van der Waals surface area contributed by atoms with E-state index in [9.17, 15) is 24.5 Å². The van der Waals surface area contributed by atoms with E-state index in [1.807, 2.05) is 30.3 Å². The van der Waals surface area contributed by atoms with Crippen LogP contribution in [-0.2, 0) is 9.59 Å². The Balaban J connectivity index is 1.25. The fourth-order valence-corrected chi connectivity index (χ4v) is 5.00. The van der Waals surface area contributed by atoms with Crippen molar-refractivity contribution in [3.8, 4) is 11.3 Å². The maximum atomic E-state index is 13.4. The number of hydrogen-bond acceptors (Lipinski definition) is 7. The minimum absolute atomic E-state index is 0.0191. The third kappa shape index (κ3) is 8.36. The number of rotatable bonds is 11. The molecule has 0 fully saturated rings. The Hall–Kier alpha value is -5.94. The van der Waals surface area contributed by atoms with E-state index in [-0.39, 0.29) is 23.0 Å². The fourth-order valence-electron chi connectivity index (χ4n) is 4.30. The molecule has 0 aliphatic rings. The second-order valence-electron chi connectivity index (χ2n) is 10.0. The zero-order valence-electron chi connectivity index (χ0n) is 24.6. The van der Waals surface area contributed by atoms with Crippen LogP contribution >= 0.6 is 11.8 Å². The van der Waals surface area contributed by atoms with Gasteiger partial charge in [0, 0.05) is 39.9 Å². The predicted octanol–water partition coefficient (Wildman–Crippen LogP) is 7.30. The molecule has 0 radical (unpaired) electrons. The normalized spacial score (nSPS) is 11.0. The molecule has 5 rings (SSSR count). The van der Waals surface area contributed by atoms with Crippen LogP contribution in [0.25, 0.3) is 17.4 Å². The van der Waals surface area contributed by atoms with Gasteiger partial charge in [-0.25, -0.2) is 0 Å². The van der Waals surface area contributed by atoms with Crippen LogP contribution in [0.4, 0.5) is 17.1 Å². The molecule has 3 N–H and O–H groups in total. The summed E-state index contributed by atoms with van der Waals surface area (Å²) in [6, 6.07) is 32.7. The number of non-ortho nitro benzene ring substituents is 1. The smallest absolute Gasteiger partial charge is 0.272 e. The SMILES string of the molecule is Cc1ccc([N+](=O)[O-])cc1NC(=O)CSc1ccc(NC(=O)/C(=C\c2ccc(-c3ccccc3)o2)NC(=O)c2ccccc2)cc1. The molecule has 1 aromatic heterocycles. The Labute approximate surface area is 268 Å². The first-order valence-corrected chi connectivity index (χ1v) is 15.1. The molecule has 0 saturated carbocycles. The molecule has 4 aromatic carbocycles. The van der Waals surface area contributed by atoms with Gasteiger partial charge in [0.25, 0.3) is 17.5 Å². The minimum atomic E-state index is -0.561. The number of thioether (sulfide) groups is 1. The highest BCUT2D eigenvalue weighted by Crippen LogP contribution is 2.25. The molecule has 0 atom stereocenters.